The number of nitrogens with one attached hydrogen (secondary N) is 1. The number of fused-ring (bicyclic) bond motifs is 1. The minimum Gasteiger partial charge on any atom is -0.316 e. The van der Waals surface area contributed by atoms with E-state index in [4.69, 9.17) is 0 Å². The molecule has 0 radical (unpaired) electrons. The van der Waals surface area contributed by atoms with Crippen molar-refractivity contribution in [1.82, 2.24) is 5.32 Å². The number of rotatable bonds is 0. The molecule has 2 aliphatic rings. The van der Waals surface area contributed by atoms with Crippen LogP contribution in [0.15, 0.2) is 12.2 Å². The summed E-state index contributed by atoms with van der Waals surface area (Å²) in [5.74, 6) is 1.87. The Kier molecular flexibility index (Phi) is 1.76. The molecular formula is C9H15N. The third-order valence-corrected chi connectivity index (χ3v) is 2.76. The predicted molar refractivity (Wildman–Crippen MR) is 42.8 cm³/mol. The molecule has 1 aliphatic heterocycles. The van der Waals surface area contributed by atoms with Crippen molar-refractivity contribution in [2.45, 2.75) is 19.3 Å². The molecular weight excluding hydrogens is 122 g/mol. The maximum absolute atomic E-state index is 3.43. The van der Waals surface area contributed by atoms with Crippen LogP contribution in [0, 0.1) is 11.8 Å². The summed E-state index contributed by atoms with van der Waals surface area (Å²) in [4.78, 5) is 0. The second kappa shape index (κ2) is 2.75. The standard InChI is InChI=1S/C9H15N/c1-2-4-9-7-10-6-5-8(9)3-1/h2,4,8-10H,1,3,5-7H2. The molecule has 1 fully saturated rings. The minimum absolute atomic E-state index is 0.863. The molecule has 10 heavy (non-hydrogen) atoms. The Balaban J connectivity index is 2.03. The van der Waals surface area contributed by atoms with Crippen molar-refractivity contribution in [2.75, 3.05) is 13.1 Å². The molecule has 1 heteroatoms. The molecule has 0 saturated carbocycles. The van der Waals surface area contributed by atoms with Gasteiger partial charge < -0.3 is 5.32 Å². The lowest BCUT2D eigenvalue weighted by Gasteiger charge is -2.32. The summed E-state index contributed by atoms with van der Waals surface area (Å²) in [7, 11) is 0. The first-order chi connectivity index (χ1) is 4.97. The van der Waals surface area contributed by atoms with Crippen LogP contribution in [0.5, 0.6) is 0 Å². The number of piperidine rings is 1. The Morgan fingerprint density at radius 3 is 3.20 bits per heavy atom. The van der Waals surface area contributed by atoms with Crippen LogP contribution in [-0.2, 0) is 0 Å². The van der Waals surface area contributed by atoms with Crippen molar-refractivity contribution in [3.05, 3.63) is 12.2 Å². The Hall–Kier alpha value is -0.300. The molecule has 1 nitrogen and oxygen atoms in total. The van der Waals surface area contributed by atoms with Gasteiger partial charge in [-0.25, -0.2) is 0 Å². The zero-order valence-electron chi connectivity index (χ0n) is 6.34. The molecule has 2 unspecified atom stereocenters. The van der Waals surface area contributed by atoms with Gasteiger partial charge >= 0.3 is 0 Å². The van der Waals surface area contributed by atoms with Crippen LogP contribution in [0.2, 0.25) is 0 Å². The second-order valence-electron chi connectivity index (χ2n) is 3.42. The van der Waals surface area contributed by atoms with Crippen LogP contribution >= 0.6 is 0 Å². The number of hydrogen-bond acceptors (Lipinski definition) is 1. The van der Waals surface area contributed by atoms with Gasteiger partial charge in [-0.3, -0.25) is 0 Å². The van der Waals surface area contributed by atoms with Crippen molar-refractivity contribution < 1.29 is 0 Å². The van der Waals surface area contributed by atoms with Gasteiger partial charge in [0.2, 0.25) is 0 Å². The van der Waals surface area contributed by atoms with E-state index >= 15 is 0 Å². The largest absolute Gasteiger partial charge is 0.316 e. The van der Waals surface area contributed by atoms with Crippen molar-refractivity contribution >= 4 is 0 Å². The van der Waals surface area contributed by atoms with Crippen LogP contribution in [0.3, 0.4) is 0 Å². The number of allylic oxidation sites excluding steroid dienone is 1. The van der Waals surface area contributed by atoms with E-state index in [1.165, 1.54) is 32.4 Å². The van der Waals surface area contributed by atoms with E-state index in [0.29, 0.717) is 0 Å². The molecule has 1 N–H and O–H groups in total. The highest BCUT2D eigenvalue weighted by molar-refractivity contribution is 4.99. The summed E-state index contributed by atoms with van der Waals surface area (Å²) in [5, 5.41) is 3.43. The van der Waals surface area contributed by atoms with Gasteiger partial charge in [0.05, 0.1) is 0 Å². The number of hydrogen-bond donors (Lipinski definition) is 1. The Labute approximate surface area is 62.5 Å². The van der Waals surface area contributed by atoms with Gasteiger partial charge in [-0.1, -0.05) is 12.2 Å². The van der Waals surface area contributed by atoms with Crippen molar-refractivity contribution in [1.29, 1.82) is 0 Å². The Morgan fingerprint density at radius 1 is 1.30 bits per heavy atom. The van der Waals surface area contributed by atoms with Crippen LogP contribution in [0.25, 0.3) is 0 Å². The van der Waals surface area contributed by atoms with Crippen molar-refractivity contribution in [3.63, 3.8) is 0 Å². The fourth-order valence-electron chi connectivity index (χ4n) is 2.10. The highest BCUT2D eigenvalue weighted by Crippen LogP contribution is 2.28. The van der Waals surface area contributed by atoms with E-state index in [9.17, 15) is 0 Å². The molecule has 0 aromatic heterocycles. The molecule has 0 aromatic carbocycles. The van der Waals surface area contributed by atoms with Crippen LogP contribution < -0.4 is 5.32 Å². The summed E-state index contributed by atoms with van der Waals surface area (Å²) >= 11 is 0. The maximum Gasteiger partial charge on any atom is 0.00168 e. The average Bonchev–Trinajstić information content (AvgIpc) is 2.05. The average molecular weight is 137 g/mol. The highest BCUT2D eigenvalue weighted by Gasteiger charge is 2.23. The second-order valence-corrected chi connectivity index (χ2v) is 3.42. The third kappa shape index (κ3) is 1.10. The maximum atomic E-state index is 3.43. The Morgan fingerprint density at radius 2 is 2.30 bits per heavy atom. The topological polar surface area (TPSA) is 12.0 Å². The summed E-state index contributed by atoms with van der Waals surface area (Å²) in [6.45, 7) is 2.47. The predicted octanol–water partition coefficient (Wildman–Crippen LogP) is 1.56. The van der Waals surface area contributed by atoms with Gasteiger partial charge in [-0.2, -0.15) is 0 Å². The first-order valence-corrected chi connectivity index (χ1v) is 4.34. The molecule has 0 amide bonds. The smallest absolute Gasteiger partial charge is 0.00168 e. The first-order valence-electron chi connectivity index (χ1n) is 4.34. The normalized spacial score (nSPS) is 39.2. The third-order valence-electron chi connectivity index (χ3n) is 2.76. The molecule has 1 heterocycles. The molecule has 56 valence electrons. The molecule has 0 spiro atoms. The molecule has 1 aliphatic carbocycles. The molecule has 1 saturated heterocycles. The van der Waals surface area contributed by atoms with E-state index in [1.54, 1.807) is 0 Å². The summed E-state index contributed by atoms with van der Waals surface area (Å²) < 4.78 is 0. The van der Waals surface area contributed by atoms with E-state index < -0.39 is 0 Å². The lowest BCUT2D eigenvalue weighted by atomic mass is 9.80. The summed E-state index contributed by atoms with van der Waals surface area (Å²) in [6, 6.07) is 0. The molecule has 2 rings (SSSR count). The van der Waals surface area contributed by atoms with E-state index in [2.05, 4.69) is 17.5 Å². The van der Waals surface area contributed by atoms with Crippen molar-refractivity contribution in [3.8, 4) is 0 Å². The zero-order valence-corrected chi connectivity index (χ0v) is 6.34. The van der Waals surface area contributed by atoms with E-state index in [1.807, 2.05) is 0 Å². The SMILES string of the molecule is C1=CC2CNCCC2CC1. The van der Waals surface area contributed by atoms with Gasteiger partial charge in [-0.15, -0.1) is 0 Å². The van der Waals surface area contributed by atoms with Gasteiger partial charge in [0, 0.05) is 6.54 Å². The lowest BCUT2D eigenvalue weighted by Crippen LogP contribution is -2.36. The monoisotopic (exact) mass is 137 g/mol. The fourth-order valence-corrected chi connectivity index (χ4v) is 2.10. The minimum atomic E-state index is 0.863. The zero-order chi connectivity index (χ0) is 6.81. The molecule has 2 atom stereocenters. The van der Waals surface area contributed by atoms with Crippen LogP contribution in [0.1, 0.15) is 19.3 Å². The van der Waals surface area contributed by atoms with Gasteiger partial charge in [0.25, 0.3) is 0 Å². The van der Waals surface area contributed by atoms with E-state index in [0.717, 1.165) is 11.8 Å². The van der Waals surface area contributed by atoms with Crippen LogP contribution in [0.4, 0.5) is 0 Å². The lowest BCUT2D eigenvalue weighted by molar-refractivity contribution is 0.276. The van der Waals surface area contributed by atoms with Crippen LogP contribution in [-0.4, -0.2) is 13.1 Å². The quantitative estimate of drug-likeness (QED) is 0.500. The first kappa shape index (κ1) is 6.41. The van der Waals surface area contributed by atoms with Crippen molar-refractivity contribution in [2.24, 2.45) is 11.8 Å². The summed E-state index contributed by atoms with van der Waals surface area (Å²) in [6.07, 6.45) is 8.90. The fraction of sp³-hybridized carbons (Fsp3) is 0.778. The Bertz CT molecular complexity index is 140. The molecule has 0 aromatic rings. The van der Waals surface area contributed by atoms with Gasteiger partial charge in [0.1, 0.15) is 0 Å². The highest BCUT2D eigenvalue weighted by atomic mass is 14.9. The van der Waals surface area contributed by atoms with Gasteiger partial charge in [-0.05, 0) is 37.6 Å². The van der Waals surface area contributed by atoms with Gasteiger partial charge in [0.15, 0.2) is 0 Å². The van der Waals surface area contributed by atoms with E-state index in [-0.39, 0.29) is 0 Å². The summed E-state index contributed by atoms with van der Waals surface area (Å²) in [5.41, 5.74) is 0. The molecule has 0 bridgehead atoms.